The van der Waals surface area contributed by atoms with Crippen LogP contribution < -0.4 is 10.6 Å². The Morgan fingerprint density at radius 2 is 1.81 bits per heavy atom. The molecule has 21 heavy (non-hydrogen) atoms. The van der Waals surface area contributed by atoms with Crippen LogP contribution in [0.5, 0.6) is 0 Å². The van der Waals surface area contributed by atoms with Crippen LogP contribution in [0.4, 0.5) is 5.69 Å². The van der Waals surface area contributed by atoms with E-state index in [1.54, 1.807) is 0 Å². The molecule has 0 aliphatic carbocycles. The molecule has 4 heteroatoms. The fourth-order valence-electron chi connectivity index (χ4n) is 2.15. The fourth-order valence-corrected chi connectivity index (χ4v) is 2.36. The predicted octanol–water partition coefficient (Wildman–Crippen LogP) is 3.91. The van der Waals surface area contributed by atoms with Crippen molar-refractivity contribution < 1.29 is 4.74 Å². The number of anilines is 1. The van der Waals surface area contributed by atoms with Gasteiger partial charge in [-0.25, -0.2) is 0 Å². The Kier molecular flexibility index (Phi) is 8.31. The van der Waals surface area contributed by atoms with Gasteiger partial charge in [0.25, 0.3) is 0 Å². The molecule has 3 nitrogen and oxygen atoms in total. The van der Waals surface area contributed by atoms with E-state index in [2.05, 4.69) is 42.7 Å². The van der Waals surface area contributed by atoms with E-state index < -0.39 is 0 Å². The van der Waals surface area contributed by atoms with Crippen LogP contribution in [0.3, 0.4) is 0 Å². The second-order valence-corrected chi connectivity index (χ2v) is 5.72. The summed E-state index contributed by atoms with van der Waals surface area (Å²) in [6, 6.07) is 6.42. The zero-order valence-corrected chi connectivity index (χ0v) is 14.5. The molecule has 0 aliphatic heterocycles. The minimum absolute atomic E-state index is 0.290. The minimum Gasteiger partial charge on any atom is -0.379 e. The maximum Gasteiger partial charge on any atom is 0.170 e. The quantitative estimate of drug-likeness (QED) is 0.563. The summed E-state index contributed by atoms with van der Waals surface area (Å²) in [4.78, 5) is 0. The second kappa shape index (κ2) is 9.74. The Morgan fingerprint density at radius 3 is 2.33 bits per heavy atom. The third kappa shape index (κ3) is 6.44. The first-order valence-electron chi connectivity index (χ1n) is 7.85. The molecule has 0 aromatic heterocycles. The van der Waals surface area contributed by atoms with E-state index in [4.69, 9.17) is 17.0 Å². The molecule has 0 atom stereocenters. The van der Waals surface area contributed by atoms with Crippen LogP contribution in [0.2, 0.25) is 0 Å². The zero-order valence-electron chi connectivity index (χ0n) is 13.7. The average molecular weight is 308 g/mol. The van der Waals surface area contributed by atoms with E-state index in [0.717, 1.165) is 32.4 Å². The highest BCUT2D eigenvalue weighted by molar-refractivity contribution is 7.80. The van der Waals surface area contributed by atoms with Gasteiger partial charge in [0.2, 0.25) is 0 Å². The van der Waals surface area contributed by atoms with Crippen LogP contribution in [-0.2, 0) is 17.6 Å². The average Bonchev–Trinajstić information content (AvgIpc) is 2.46. The third-order valence-electron chi connectivity index (χ3n) is 3.30. The molecule has 118 valence electrons. The van der Waals surface area contributed by atoms with Crippen molar-refractivity contribution in [2.45, 2.75) is 53.1 Å². The molecule has 0 heterocycles. The molecule has 0 aliphatic rings. The molecule has 0 bridgehead atoms. The molecular formula is C17H28N2OS. The van der Waals surface area contributed by atoms with Gasteiger partial charge in [0.15, 0.2) is 5.11 Å². The number of thiocarbonyl (C=S) groups is 1. The first kappa shape index (κ1) is 17.9. The Hall–Kier alpha value is -1.13. The third-order valence-corrected chi connectivity index (χ3v) is 3.54. The SMILES string of the molecule is CCc1cccc(CC)c1NC(=S)NCCCOC(C)C. The summed E-state index contributed by atoms with van der Waals surface area (Å²) in [6.07, 6.45) is 3.25. The van der Waals surface area contributed by atoms with Gasteiger partial charge < -0.3 is 15.4 Å². The second-order valence-electron chi connectivity index (χ2n) is 5.31. The molecule has 1 aromatic rings. The maximum atomic E-state index is 5.51. The first-order valence-corrected chi connectivity index (χ1v) is 8.26. The van der Waals surface area contributed by atoms with E-state index in [-0.39, 0.29) is 0 Å². The Bertz CT molecular complexity index is 424. The van der Waals surface area contributed by atoms with Gasteiger partial charge in [0.05, 0.1) is 6.10 Å². The molecule has 0 radical (unpaired) electrons. The van der Waals surface area contributed by atoms with Gasteiger partial charge in [-0.1, -0.05) is 32.0 Å². The van der Waals surface area contributed by atoms with Gasteiger partial charge in [-0.05, 0) is 56.5 Å². The number of nitrogens with one attached hydrogen (secondary N) is 2. The zero-order chi connectivity index (χ0) is 15.7. The molecule has 0 unspecified atom stereocenters. The van der Waals surface area contributed by atoms with E-state index in [9.17, 15) is 0 Å². The molecule has 0 amide bonds. The smallest absolute Gasteiger partial charge is 0.170 e. The highest BCUT2D eigenvalue weighted by Gasteiger charge is 2.07. The van der Waals surface area contributed by atoms with Crippen LogP contribution in [0.1, 0.15) is 45.2 Å². The van der Waals surface area contributed by atoms with Crippen LogP contribution in [0.15, 0.2) is 18.2 Å². The van der Waals surface area contributed by atoms with Crippen LogP contribution in [0.25, 0.3) is 0 Å². The van der Waals surface area contributed by atoms with E-state index in [0.29, 0.717) is 11.2 Å². The molecule has 1 rings (SSSR count). The summed E-state index contributed by atoms with van der Waals surface area (Å²) in [5.41, 5.74) is 3.78. The van der Waals surface area contributed by atoms with Crippen molar-refractivity contribution in [2.24, 2.45) is 0 Å². The van der Waals surface area contributed by atoms with Crippen molar-refractivity contribution in [3.05, 3.63) is 29.3 Å². The van der Waals surface area contributed by atoms with Gasteiger partial charge in [0.1, 0.15) is 0 Å². The van der Waals surface area contributed by atoms with Crippen molar-refractivity contribution in [3.8, 4) is 0 Å². The van der Waals surface area contributed by atoms with Gasteiger partial charge in [-0.3, -0.25) is 0 Å². The van der Waals surface area contributed by atoms with Crippen LogP contribution >= 0.6 is 12.2 Å². The summed E-state index contributed by atoms with van der Waals surface area (Å²) < 4.78 is 5.51. The molecular weight excluding hydrogens is 280 g/mol. The lowest BCUT2D eigenvalue weighted by molar-refractivity contribution is 0.0777. The van der Waals surface area contributed by atoms with Crippen molar-refractivity contribution in [1.29, 1.82) is 0 Å². The molecule has 0 fully saturated rings. The van der Waals surface area contributed by atoms with Gasteiger partial charge in [0, 0.05) is 18.8 Å². The number of hydrogen-bond donors (Lipinski definition) is 2. The highest BCUT2D eigenvalue weighted by atomic mass is 32.1. The molecule has 0 saturated carbocycles. The predicted molar refractivity (Wildman–Crippen MR) is 95.1 cm³/mol. The summed E-state index contributed by atoms with van der Waals surface area (Å²) >= 11 is 5.39. The largest absolute Gasteiger partial charge is 0.379 e. The summed E-state index contributed by atoms with van der Waals surface area (Å²) in [5, 5.41) is 7.30. The van der Waals surface area contributed by atoms with Gasteiger partial charge >= 0.3 is 0 Å². The fraction of sp³-hybridized carbons (Fsp3) is 0.588. The number of aryl methyl sites for hydroxylation is 2. The number of hydrogen-bond acceptors (Lipinski definition) is 2. The number of benzene rings is 1. The molecule has 2 N–H and O–H groups in total. The standard InChI is InChI=1S/C17H28N2OS/c1-5-14-9-7-10-15(6-2)16(14)19-17(21)18-11-8-12-20-13(3)4/h7,9-10,13H,5-6,8,11-12H2,1-4H3,(H2,18,19,21). The van der Waals surface area contributed by atoms with Gasteiger partial charge in [-0.2, -0.15) is 0 Å². The van der Waals surface area contributed by atoms with E-state index in [1.165, 1.54) is 16.8 Å². The van der Waals surface area contributed by atoms with Crippen molar-refractivity contribution in [1.82, 2.24) is 5.32 Å². The lowest BCUT2D eigenvalue weighted by Gasteiger charge is -2.17. The van der Waals surface area contributed by atoms with Crippen molar-refractivity contribution >= 4 is 23.0 Å². The monoisotopic (exact) mass is 308 g/mol. The van der Waals surface area contributed by atoms with E-state index >= 15 is 0 Å². The normalized spacial score (nSPS) is 10.7. The number of rotatable bonds is 8. The Labute approximate surface area is 134 Å². The number of para-hydroxylation sites is 1. The molecule has 0 saturated heterocycles. The first-order chi connectivity index (χ1) is 10.1. The lowest BCUT2D eigenvalue weighted by atomic mass is 10.0. The molecule has 0 spiro atoms. The van der Waals surface area contributed by atoms with E-state index in [1.807, 2.05) is 13.8 Å². The minimum atomic E-state index is 0.290. The van der Waals surface area contributed by atoms with Crippen molar-refractivity contribution in [3.63, 3.8) is 0 Å². The van der Waals surface area contributed by atoms with Gasteiger partial charge in [-0.15, -0.1) is 0 Å². The Morgan fingerprint density at radius 1 is 1.19 bits per heavy atom. The lowest BCUT2D eigenvalue weighted by Crippen LogP contribution is -2.30. The summed E-state index contributed by atoms with van der Waals surface area (Å²) in [5.74, 6) is 0. The Balaban J connectivity index is 2.47. The topological polar surface area (TPSA) is 33.3 Å². The highest BCUT2D eigenvalue weighted by Crippen LogP contribution is 2.22. The molecule has 1 aromatic carbocycles. The van der Waals surface area contributed by atoms with Crippen LogP contribution in [0, 0.1) is 0 Å². The summed E-state index contributed by atoms with van der Waals surface area (Å²) in [7, 11) is 0. The summed E-state index contributed by atoms with van der Waals surface area (Å²) in [6.45, 7) is 10.0. The van der Waals surface area contributed by atoms with Crippen molar-refractivity contribution in [2.75, 3.05) is 18.5 Å². The maximum absolute atomic E-state index is 5.51. The number of ether oxygens (including phenoxy) is 1. The van der Waals surface area contributed by atoms with Crippen LogP contribution in [-0.4, -0.2) is 24.4 Å².